The van der Waals surface area contributed by atoms with E-state index in [2.05, 4.69) is 6.58 Å². The van der Waals surface area contributed by atoms with Crippen LogP contribution in [0.4, 0.5) is 0 Å². The second-order valence-corrected chi connectivity index (χ2v) is 6.79. The Morgan fingerprint density at radius 3 is 2.50 bits per heavy atom. The molecular formula is C17H24O5. The first kappa shape index (κ1) is 15.5. The van der Waals surface area contributed by atoms with Crippen molar-refractivity contribution in [3.63, 3.8) is 0 Å². The minimum absolute atomic E-state index is 0.0599. The van der Waals surface area contributed by atoms with E-state index in [1.165, 1.54) is 0 Å². The van der Waals surface area contributed by atoms with Crippen molar-refractivity contribution in [1.29, 1.82) is 0 Å². The fraction of sp³-hybridized carbons (Fsp3) is 0.765. The summed E-state index contributed by atoms with van der Waals surface area (Å²) in [4.78, 5) is 23.9. The van der Waals surface area contributed by atoms with Crippen molar-refractivity contribution in [2.75, 3.05) is 6.61 Å². The average molecular weight is 308 g/mol. The van der Waals surface area contributed by atoms with E-state index < -0.39 is 0 Å². The first-order chi connectivity index (χ1) is 10.5. The topological polar surface area (TPSA) is 61.8 Å². The third-order valence-electron chi connectivity index (χ3n) is 5.09. The molecule has 22 heavy (non-hydrogen) atoms. The fourth-order valence-electron chi connectivity index (χ4n) is 3.92. The molecule has 5 nitrogen and oxygen atoms in total. The molecule has 0 N–H and O–H groups in total. The molecule has 5 heteroatoms. The third-order valence-corrected chi connectivity index (χ3v) is 5.09. The summed E-state index contributed by atoms with van der Waals surface area (Å²) in [7, 11) is 0. The number of hydrogen-bond donors (Lipinski definition) is 0. The summed E-state index contributed by atoms with van der Waals surface area (Å²) < 4.78 is 16.4. The van der Waals surface area contributed by atoms with Crippen molar-refractivity contribution < 1.29 is 23.8 Å². The highest BCUT2D eigenvalue weighted by Crippen LogP contribution is 2.50. The SMILES string of the molecule is C=C(C)C(=O)OC1CC2CC1CC2C(=O)OC1CCCCO1. The van der Waals surface area contributed by atoms with E-state index in [0.29, 0.717) is 12.2 Å². The van der Waals surface area contributed by atoms with E-state index >= 15 is 0 Å². The lowest BCUT2D eigenvalue weighted by Gasteiger charge is -2.29. The summed E-state index contributed by atoms with van der Waals surface area (Å²) in [6.45, 7) is 5.93. The maximum Gasteiger partial charge on any atom is 0.333 e. The number of carbonyl (C=O) groups excluding carboxylic acids is 2. The standard InChI is InChI=1S/C17H24O5/c1-10(2)16(18)21-14-9-11-7-12(14)8-13(11)17(19)22-15-5-3-4-6-20-15/h11-15H,1,3-9H2,2H3. The second kappa shape index (κ2) is 6.41. The first-order valence-electron chi connectivity index (χ1n) is 8.23. The van der Waals surface area contributed by atoms with E-state index in [9.17, 15) is 9.59 Å². The molecule has 2 bridgehead atoms. The van der Waals surface area contributed by atoms with Gasteiger partial charge in [0.15, 0.2) is 0 Å². The van der Waals surface area contributed by atoms with Gasteiger partial charge in [-0.3, -0.25) is 4.79 Å². The Balaban J connectivity index is 1.50. The minimum atomic E-state index is -0.364. The highest BCUT2D eigenvalue weighted by Gasteiger charge is 2.51. The Kier molecular flexibility index (Phi) is 4.52. The van der Waals surface area contributed by atoms with Crippen molar-refractivity contribution in [1.82, 2.24) is 0 Å². The van der Waals surface area contributed by atoms with Gasteiger partial charge in [-0.1, -0.05) is 6.58 Å². The van der Waals surface area contributed by atoms with Gasteiger partial charge in [0.1, 0.15) is 6.10 Å². The van der Waals surface area contributed by atoms with Crippen LogP contribution in [-0.2, 0) is 23.8 Å². The van der Waals surface area contributed by atoms with Gasteiger partial charge in [-0.05, 0) is 50.9 Å². The van der Waals surface area contributed by atoms with Crippen LogP contribution in [0, 0.1) is 17.8 Å². The molecule has 5 atom stereocenters. The van der Waals surface area contributed by atoms with Crippen molar-refractivity contribution in [3.8, 4) is 0 Å². The number of ether oxygens (including phenoxy) is 3. The lowest BCUT2D eigenvalue weighted by Crippen LogP contribution is -2.34. The summed E-state index contributed by atoms with van der Waals surface area (Å²) in [5.41, 5.74) is 0.424. The summed E-state index contributed by atoms with van der Waals surface area (Å²) in [5.74, 6) is 0.0220. The maximum absolute atomic E-state index is 12.3. The monoisotopic (exact) mass is 308 g/mol. The molecule has 122 valence electrons. The van der Waals surface area contributed by atoms with Gasteiger partial charge >= 0.3 is 11.9 Å². The average Bonchev–Trinajstić information content (AvgIpc) is 3.08. The Labute approximate surface area is 131 Å². The van der Waals surface area contributed by atoms with Crippen LogP contribution < -0.4 is 0 Å². The lowest BCUT2D eigenvalue weighted by molar-refractivity contribution is -0.193. The number of hydrogen-bond acceptors (Lipinski definition) is 5. The van der Waals surface area contributed by atoms with Gasteiger partial charge in [-0.2, -0.15) is 0 Å². The molecule has 2 aliphatic carbocycles. The van der Waals surface area contributed by atoms with Gasteiger partial charge in [0.05, 0.1) is 12.5 Å². The molecule has 0 aromatic carbocycles. The second-order valence-electron chi connectivity index (χ2n) is 6.79. The molecule has 3 fully saturated rings. The van der Waals surface area contributed by atoms with Crippen molar-refractivity contribution in [3.05, 3.63) is 12.2 Å². The van der Waals surface area contributed by atoms with Crippen LogP contribution in [-0.4, -0.2) is 30.9 Å². The van der Waals surface area contributed by atoms with Crippen LogP contribution in [0.15, 0.2) is 12.2 Å². The van der Waals surface area contributed by atoms with Gasteiger partial charge < -0.3 is 14.2 Å². The Hall–Kier alpha value is -1.36. The zero-order chi connectivity index (χ0) is 15.7. The highest BCUT2D eigenvalue weighted by molar-refractivity contribution is 5.87. The van der Waals surface area contributed by atoms with Gasteiger partial charge in [0.2, 0.25) is 6.29 Å². The summed E-state index contributed by atoms with van der Waals surface area (Å²) >= 11 is 0. The maximum atomic E-state index is 12.3. The molecule has 1 saturated heterocycles. The van der Waals surface area contributed by atoms with Crippen molar-refractivity contribution in [2.45, 2.75) is 57.8 Å². The van der Waals surface area contributed by atoms with Crippen LogP contribution >= 0.6 is 0 Å². The van der Waals surface area contributed by atoms with Gasteiger partial charge in [-0.25, -0.2) is 4.79 Å². The predicted molar refractivity (Wildman–Crippen MR) is 78.7 cm³/mol. The van der Waals surface area contributed by atoms with Gasteiger partial charge in [-0.15, -0.1) is 0 Å². The normalized spacial score (nSPS) is 36.9. The molecule has 3 rings (SSSR count). The quantitative estimate of drug-likeness (QED) is 0.590. The van der Waals surface area contributed by atoms with E-state index in [1.807, 2.05) is 0 Å². The number of fused-ring (bicyclic) bond motifs is 2. The van der Waals surface area contributed by atoms with E-state index in [-0.39, 0.29) is 42.1 Å². The van der Waals surface area contributed by atoms with Crippen LogP contribution in [0.25, 0.3) is 0 Å². The zero-order valence-corrected chi connectivity index (χ0v) is 13.1. The summed E-state index contributed by atoms with van der Waals surface area (Å²) in [6, 6.07) is 0. The van der Waals surface area contributed by atoms with Crippen molar-refractivity contribution in [2.24, 2.45) is 17.8 Å². The Morgan fingerprint density at radius 1 is 1.09 bits per heavy atom. The number of esters is 2. The van der Waals surface area contributed by atoms with E-state index in [0.717, 1.165) is 38.5 Å². The molecule has 0 spiro atoms. The Bertz CT molecular complexity index is 466. The minimum Gasteiger partial charge on any atom is -0.459 e. The molecule has 1 heterocycles. The van der Waals surface area contributed by atoms with Crippen LogP contribution in [0.3, 0.4) is 0 Å². The molecule has 1 aliphatic heterocycles. The van der Waals surface area contributed by atoms with Crippen LogP contribution in [0.5, 0.6) is 0 Å². The van der Waals surface area contributed by atoms with Gasteiger partial charge in [0.25, 0.3) is 0 Å². The van der Waals surface area contributed by atoms with E-state index in [1.54, 1.807) is 6.92 Å². The summed E-state index contributed by atoms with van der Waals surface area (Å²) in [6.07, 6.45) is 4.91. The molecule has 0 radical (unpaired) electrons. The first-order valence-corrected chi connectivity index (χ1v) is 8.23. The van der Waals surface area contributed by atoms with Gasteiger partial charge in [0, 0.05) is 12.0 Å². The van der Waals surface area contributed by atoms with E-state index in [4.69, 9.17) is 14.2 Å². The zero-order valence-electron chi connectivity index (χ0n) is 13.1. The smallest absolute Gasteiger partial charge is 0.333 e. The van der Waals surface area contributed by atoms with Crippen LogP contribution in [0.1, 0.15) is 45.4 Å². The molecule has 5 unspecified atom stereocenters. The molecule has 3 aliphatic rings. The third kappa shape index (κ3) is 3.19. The lowest BCUT2D eigenvalue weighted by atomic mass is 9.87. The molecule has 0 aromatic rings. The Morgan fingerprint density at radius 2 is 1.91 bits per heavy atom. The molecule has 0 amide bonds. The summed E-state index contributed by atoms with van der Waals surface area (Å²) in [5, 5.41) is 0. The highest BCUT2D eigenvalue weighted by atomic mass is 16.7. The largest absolute Gasteiger partial charge is 0.459 e. The van der Waals surface area contributed by atoms with Crippen molar-refractivity contribution >= 4 is 11.9 Å². The molecule has 2 saturated carbocycles. The number of rotatable bonds is 4. The molecule has 0 aromatic heterocycles. The molecular weight excluding hydrogens is 284 g/mol. The number of carbonyl (C=O) groups is 2. The fourth-order valence-corrected chi connectivity index (χ4v) is 3.92. The van der Waals surface area contributed by atoms with Crippen LogP contribution in [0.2, 0.25) is 0 Å². The predicted octanol–water partition coefficient (Wildman–Crippen LogP) is 2.59.